The van der Waals surface area contributed by atoms with E-state index < -0.39 is 0 Å². The fourth-order valence-electron chi connectivity index (χ4n) is 4.59. The Morgan fingerprint density at radius 3 is 2.42 bits per heavy atom. The van der Waals surface area contributed by atoms with Crippen LogP contribution in [0, 0.1) is 20.8 Å². The minimum atomic E-state index is -0.132. The lowest BCUT2D eigenvalue weighted by atomic mass is 9.96. The molecule has 33 heavy (non-hydrogen) atoms. The molecule has 0 aliphatic carbocycles. The molecule has 0 saturated carbocycles. The Morgan fingerprint density at radius 2 is 1.76 bits per heavy atom. The van der Waals surface area contributed by atoms with E-state index in [1.165, 1.54) is 0 Å². The number of nitrogens with one attached hydrogen (secondary N) is 1. The molecule has 1 fully saturated rings. The van der Waals surface area contributed by atoms with Gasteiger partial charge in [0.25, 0.3) is 0 Å². The fourth-order valence-corrected chi connectivity index (χ4v) is 4.94. The Bertz CT molecular complexity index is 1300. The first-order valence-corrected chi connectivity index (χ1v) is 11.3. The van der Waals surface area contributed by atoms with Gasteiger partial charge in [-0.1, -0.05) is 12.1 Å². The van der Waals surface area contributed by atoms with E-state index in [4.69, 9.17) is 12.2 Å². The van der Waals surface area contributed by atoms with Gasteiger partial charge in [0.1, 0.15) is 11.6 Å². The molecule has 0 bridgehead atoms. The monoisotopic (exact) mass is 455 g/mol. The summed E-state index contributed by atoms with van der Waals surface area (Å²) in [6.07, 6.45) is 3.69. The molecule has 0 amide bonds. The van der Waals surface area contributed by atoms with Gasteiger partial charge in [0.2, 0.25) is 0 Å². The number of anilines is 1. The van der Waals surface area contributed by atoms with Crippen LogP contribution in [-0.4, -0.2) is 24.8 Å². The summed E-state index contributed by atoms with van der Waals surface area (Å²) in [6, 6.07) is 19.1. The van der Waals surface area contributed by atoms with E-state index in [9.17, 15) is 5.11 Å². The molecule has 4 heterocycles. The van der Waals surface area contributed by atoms with Gasteiger partial charge in [0, 0.05) is 29.5 Å². The van der Waals surface area contributed by atoms with Gasteiger partial charge >= 0.3 is 0 Å². The van der Waals surface area contributed by atoms with Crippen molar-refractivity contribution in [3.8, 4) is 11.6 Å². The van der Waals surface area contributed by atoms with Gasteiger partial charge in [-0.05, 0) is 92.6 Å². The predicted molar refractivity (Wildman–Crippen MR) is 134 cm³/mol. The number of aryl methyl sites for hydroxylation is 2. The molecule has 7 heteroatoms. The van der Waals surface area contributed by atoms with Crippen molar-refractivity contribution in [2.45, 2.75) is 32.9 Å². The summed E-state index contributed by atoms with van der Waals surface area (Å²) in [5, 5.41) is 13.9. The smallest absolute Gasteiger partial charge is 0.174 e. The summed E-state index contributed by atoms with van der Waals surface area (Å²) in [5.74, 6) is 1.11. The average Bonchev–Trinajstić information content (AvgIpc) is 3.31. The van der Waals surface area contributed by atoms with Crippen molar-refractivity contribution < 1.29 is 5.11 Å². The average molecular weight is 456 g/mol. The lowest BCUT2D eigenvalue weighted by molar-refractivity contribution is 0.475. The first-order chi connectivity index (χ1) is 15.9. The fraction of sp³-hybridized carbons (Fsp3) is 0.192. The second-order valence-corrected chi connectivity index (χ2v) is 8.76. The quantitative estimate of drug-likeness (QED) is 0.419. The third-order valence-electron chi connectivity index (χ3n) is 6.14. The van der Waals surface area contributed by atoms with Crippen LogP contribution in [0.1, 0.15) is 40.3 Å². The Kier molecular flexibility index (Phi) is 5.34. The van der Waals surface area contributed by atoms with E-state index in [1.54, 1.807) is 18.3 Å². The van der Waals surface area contributed by atoms with E-state index in [2.05, 4.69) is 50.7 Å². The topological polar surface area (TPSA) is 66.2 Å². The number of pyridine rings is 2. The van der Waals surface area contributed by atoms with Crippen LogP contribution in [0.2, 0.25) is 0 Å². The molecule has 2 N–H and O–H groups in total. The van der Waals surface area contributed by atoms with E-state index in [1.807, 2.05) is 49.5 Å². The van der Waals surface area contributed by atoms with Crippen molar-refractivity contribution in [3.63, 3.8) is 0 Å². The van der Waals surface area contributed by atoms with E-state index in [0.29, 0.717) is 5.11 Å². The third-order valence-corrected chi connectivity index (χ3v) is 6.45. The molecule has 1 aliphatic heterocycles. The van der Waals surface area contributed by atoms with E-state index in [-0.39, 0.29) is 17.8 Å². The van der Waals surface area contributed by atoms with Gasteiger partial charge in [-0.25, -0.2) is 4.98 Å². The van der Waals surface area contributed by atoms with Crippen LogP contribution in [0.25, 0.3) is 5.82 Å². The molecule has 2 atom stereocenters. The highest BCUT2D eigenvalue weighted by atomic mass is 32.1. The van der Waals surface area contributed by atoms with Crippen LogP contribution in [0.3, 0.4) is 0 Å². The van der Waals surface area contributed by atoms with Gasteiger partial charge in [-0.3, -0.25) is 4.98 Å². The number of phenolic OH excluding ortho intramolecular Hbond substituents is 1. The second-order valence-electron chi connectivity index (χ2n) is 8.37. The normalized spacial score (nSPS) is 17.9. The van der Waals surface area contributed by atoms with Crippen molar-refractivity contribution in [2.75, 3.05) is 4.90 Å². The Balaban J connectivity index is 1.67. The molecular weight excluding hydrogens is 430 g/mol. The summed E-state index contributed by atoms with van der Waals surface area (Å²) in [6.45, 7) is 6.25. The summed E-state index contributed by atoms with van der Waals surface area (Å²) in [5.41, 5.74) is 6.30. The highest BCUT2D eigenvalue weighted by Gasteiger charge is 2.42. The largest absolute Gasteiger partial charge is 0.508 e. The van der Waals surface area contributed by atoms with E-state index in [0.717, 1.165) is 39.7 Å². The molecule has 5 rings (SSSR count). The molecule has 0 unspecified atom stereocenters. The van der Waals surface area contributed by atoms with Gasteiger partial charge in [-0.15, -0.1) is 0 Å². The number of phenols is 1. The highest BCUT2D eigenvalue weighted by Crippen LogP contribution is 2.43. The summed E-state index contributed by atoms with van der Waals surface area (Å²) < 4.78 is 2.18. The zero-order valence-electron chi connectivity index (χ0n) is 18.7. The standard InChI is InChI=1S/C26H25N5OS/c1-16-7-12-23(28-15-16)30-17(2)14-21(18(30)3)25-24(22-6-4-5-13-27-22)29-26(33)31(25)19-8-10-20(32)11-9-19/h4-15,24-25,32H,1-3H3,(H,29,33)/t24-,25+/m1/s1. The zero-order valence-corrected chi connectivity index (χ0v) is 19.5. The molecule has 166 valence electrons. The highest BCUT2D eigenvalue weighted by molar-refractivity contribution is 7.80. The van der Waals surface area contributed by atoms with Crippen molar-refractivity contribution in [3.05, 3.63) is 101 Å². The first-order valence-electron chi connectivity index (χ1n) is 10.9. The summed E-state index contributed by atoms with van der Waals surface area (Å²) >= 11 is 5.81. The minimum Gasteiger partial charge on any atom is -0.508 e. The number of nitrogens with zero attached hydrogens (tertiary/aromatic N) is 4. The van der Waals surface area contributed by atoms with Crippen LogP contribution in [-0.2, 0) is 0 Å². The lowest BCUT2D eigenvalue weighted by Crippen LogP contribution is -2.29. The number of benzene rings is 1. The summed E-state index contributed by atoms with van der Waals surface area (Å²) in [4.78, 5) is 11.4. The summed E-state index contributed by atoms with van der Waals surface area (Å²) in [7, 11) is 0. The lowest BCUT2D eigenvalue weighted by Gasteiger charge is -2.28. The second kappa shape index (κ2) is 8.33. The Hall–Kier alpha value is -3.71. The molecule has 1 saturated heterocycles. The maximum Gasteiger partial charge on any atom is 0.174 e. The number of rotatable bonds is 4. The number of aromatic nitrogens is 3. The number of hydrogen-bond acceptors (Lipinski definition) is 4. The molecule has 3 aromatic heterocycles. The predicted octanol–water partition coefficient (Wildman–Crippen LogP) is 5.08. The molecule has 0 radical (unpaired) electrons. The van der Waals surface area contributed by atoms with Gasteiger partial charge in [0.15, 0.2) is 5.11 Å². The molecule has 1 aliphatic rings. The molecule has 0 spiro atoms. The van der Waals surface area contributed by atoms with Gasteiger partial charge in [-0.2, -0.15) is 0 Å². The maximum absolute atomic E-state index is 9.82. The molecule has 1 aromatic carbocycles. The Labute approximate surface area is 198 Å². The van der Waals surface area contributed by atoms with Gasteiger partial charge in [0.05, 0.1) is 17.8 Å². The van der Waals surface area contributed by atoms with Crippen LogP contribution < -0.4 is 10.2 Å². The molecule has 6 nitrogen and oxygen atoms in total. The zero-order chi connectivity index (χ0) is 23.1. The van der Waals surface area contributed by atoms with Crippen molar-refractivity contribution >= 4 is 23.0 Å². The minimum absolute atomic E-state index is 0.123. The van der Waals surface area contributed by atoms with Crippen LogP contribution >= 0.6 is 12.2 Å². The van der Waals surface area contributed by atoms with E-state index >= 15 is 0 Å². The van der Waals surface area contributed by atoms with Crippen molar-refractivity contribution in [1.82, 2.24) is 19.9 Å². The SMILES string of the molecule is Cc1ccc(-n2c(C)cc([C@H]3[C@@H](c4ccccn4)NC(=S)N3c3ccc(O)cc3)c2C)nc1. The van der Waals surface area contributed by atoms with Crippen LogP contribution in [0.15, 0.2) is 73.1 Å². The number of hydrogen-bond donors (Lipinski definition) is 2. The maximum atomic E-state index is 9.82. The molecule has 4 aromatic rings. The molecular formula is C26H25N5OS. The first kappa shape index (κ1) is 21.2. The Morgan fingerprint density at radius 1 is 0.970 bits per heavy atom. The van der Waals surface area contributed by atoms with Gasteiger partial charge < -0.3 is 19.9 Å². The van der Waals surface area contributed by atoms with Crippen LogP contribution in [0.5, 0.6) is 5.75 Å². The van der Waals surface area contributed by atoms with Crippen molar-refractivity contribution in [1.29, 1.82) is 0 Å². The van der Waals surface area contributed by atoms with Crippen LogP contribution in [0.4, 0.5) is 5.69 Å². The third kappa shape index (κ3) is 3.74. The number of aromatic hydroxyl groups is 1. The van der Waals surface area contributed by atoms with Crippen molar-refractivity contribution in [2.24, 2.45) is 0 Å². The number of thiocarbonyl (C=S) groups is 1.